The van der Waals surface area contributed by atoms with Crippen LogP contribution in [0.15, 0.2) is 24.3 Å². The summed E-state index contributed by atoms with van der Waals surface area (Å²) in [7, 11) is -1.42. The molecule has 2 heterocycles. The van der Waals surface area contributed by atoms with Gasteiger partial charge in [-0.3, -0.25) is 9.59 Å². The van der Waals surface area contributed by atoms with Crippen LogP contribution in [0.3, 0.4) is 0 Å². The molecule has 2 saturated heterocycles. The lowest BCUT2D eigenvalue weighted by Crippen LogP contribution is -2.42. The molecule has 1 aromatic rings. The van der Waals surface area contributed by atoms with Gasteiger partial charge in [0.2, 0.25) is 5.91 Å². The molecule has 2 N–H and O–H groups in total. The van der Waals surface area contributed by atoms with E-state index < -0.39 is 15.9 Å². The molecule has 2 fully saturated rings. The highest BCUT2D eigenvalue weighted by Crippen LogP contribution is 2.18. The predicted molar refractivity (Wildman–Crippen MR) is 106 cm³/mol. The van der Waals surface area contributed by atoms with Crippen molar-refractivity contribution in [2.24, 2.45) is 0 Å². The zero-order chi connectivity index (χ0) is 20.3. The Hall–Kier alpha value is -2.13. The van der Waals surface area contributed by atoms with Gasteiger partial charge in [-0.25, -0.2) is 8.42 Å². The maximum atomic E-state index is 12.6. The van der Waals surface area contributed by atoms with Crippen molar-refractivity contribution < 1.29 is 23.1 Å². The molecule has 0 bridgehead atoms. The number of β-amino-alcohol motifs (C(OH)–C–C–N with tert-alkyl or cyclic N) is 1. The van der Waals surface area contributed by atoms with Crippen molar-refractivity contribution in [3.8, 4) is 0 Å². The van der Waals surface area contributed by atoms with Crippen molar-refractivity contribution in [3.05, 3.63) is 29.8 Å². The van der Waals surface area contributed by atoms with Gasteiger partial charge in [0.15, 0.2) is 9.84 Å². The smallest absolute Gasteiger partial charge is 0.254 e. The number of carbonyl (C=O) groups is 2. The number of nitrogens with zero attached hydrogens (tertiary/aromatic N) is 2. The topological polar surface area (TPSA) is 107 Å². The molecule has 3 rings (SSSR count). The number of hydrogen-bond donors (Lipinski definition) is 2. The number of piperidine rings is 1. The lowest BCUT2D eigenvalue weighted by atomic mass is 10.1. The van der Waals surface area contributed by atoms with E-state index in [9.17, 15) is 23.1 Å². The maximum Gasteiger partial charge on any atom is 0.254 e. The Balaban J connectivity index is 1.57. The van der Waals surface area contributed by atoms with E-state index in [4.69, 9.17) is 0 Å². The lowest BCUT2D eigenvalue weighted by Gasteiger charge is -2.30. The van der Waals surface area contributed by atoms with Crippen molar-refractivity contribution in [2.45, 2.75) is 31.4 Å². The molecular weight excluding hydrogens is 382 g/mol. The van der Waals surface area contributed by atoms with Crippen LogP contribution in [0.5, 0.6) is 0 Å². The van der Waals surface area contributed by atoms with Gasteiger partial charge in [-0.15, -0.1) is 0 Å². The molecule has 0 spiro atoms. The van der Waals surface area contributed by atoms with Crippen molar-refractivity contribution in [1.29, 1.82) is 0 Å². The number of hydrogen-bond acceptors (Lipinski definition) is 6. The lowest BCUT2D eigenvalue weighted by molar-refractivity contribution is -0.129. The molecule has 2 aliphatic heterocycles. The molecule has 2 aliphatic rings. The summed E-state index contributed by atoms with van der Waals surface area (Å²) in [5, 5.41) is 12.8. The SMILES string of the molecule is CN(C(=O)CNc1cccc(C(=O)N2CCC[C@H](O)C2)c1)[C@H]1CCS(=O)(=O)C1. The summed E-state index contributed by atoms with van der Waals surface area (Å²) in [5.41, 5.74) is 1.14. The molecule has 0 unspecified atom stereocenters. The molecule has 9 heteroatoms. The number of aliphatic hydroxyl groups excluding tert-OH is 1. The summed E-state index contributed by atoms with van der Waals surface area (Å²) in [6, 6.07) is 6.64. The van der Waals surface area contributed by atoms with Gasteiger partial charge in [-0.05, 0) is 37.5 Å². The molecule has 2 amide bonds. The molecule has 0 saturated carbocycles. The number of amides is 2. The van der Waals surface area contributed by atoms with Crippen molar-refractivity contribution >= 4 is 27.3 Å². The Morgan fingerprint density at radius 3 is 2.79 bits per heavy atom. The molecule has 8 nitrogen and oxygen atoms in total. The van der Waals surface area contributed by atoms with E-state index in [1.807, 2.05) is 0 Å². The minimum absolute atomic E-state index is 0.0148. The van der Waals surface area contributed by atoms with Gasteiger partial charge in [0.25, 0.3) is 5.91 Å². The number of carbonyl (C=O) groups excluding carboxylic acids is 2. The van der Waals surface area contributed by atoms with Crippen LogP contribution in [0.2, 0.25) is 0 Å². The Bertz CT molecular complexity index is 842. The van der Waals surface area contributed by atoms with E-state index in [0.717, 1.165) is 6.42 Å². The Morgan fingerprint density at radius 2 is 2.11 bits per heavy atom. The quantitative estimate of drug-likeness (QED) is 0.726. The van der Waals surface area contributed by atoms with E-state index in [-0.39, 0.29) is 35.9 Å². The number of nitrogens with one attached hydrogen (secondary N) is 1. The van der Waals surface area contributed by atoms with Crippen LogP contribution in [0, 0.1) is 0 Å². The number of aliphatic hydroxyl groups is 1. The van der Waals surface area contributed by atoms with E-state index in [0.29, 0.717) is 37.2 Å². The van der Waals surface area contributed by atoms with Gasteiger partial charge in [0, 0.05) is 37.4 Å². The summed E-state index contributed by atoms with van der Waals surface area (Å²) in [6.45, 7) is 0.984. The molecule has 28 heavy (non-hydrogen) atoms. The first kappa shape index (κ1) is 20.6. The van der Waals surface area contributed by atoms with E-state index >= 15 is 0 Å². The minimum Gasteiger partial charge on any atom is -0.391 e. The van der Waals surface area contributed by atoms with E-state index in [2.05, 4.69) is 5.32 Å². The second-order valence-corrected chi connectivity index (χ2v) is 9.77. The van der Waals surface area contributed by atoms with Gasteiger partial charge in [-0.1, -0.05) is 6.07 Å². The van der Waals surface area contributed by atoms with Crippen LogP contribution in [0.4, 0.5) is 5.69 Å². The van der Waals surface area contributed by atoms with E-state index in [1.54, 1.807) is 36.2 Å². The molecule has 2 atom stereocenters. The fourth-order valence-corrected chi connectivity index (χ4v) is 5.45. The zero-order valence-electron chi connectivity index (χ0n) is 16.0. The first-order chi connectivity index (χ1) is 13.2. The Kier molecular flexibility index (Phi) is 6.24. The van der Waals surface area contributed by atoms with Gasteiger partial charge in [0.1, 0.15) is 0 Å². The Morgan fingerprint density at radius 1 is 1.32 bits per heavy atom. The second kappa shape index (κ2) is 8.48. The minimum atomic E-state index is -3.05. The first-order valence-electron chi connectivity index (χ1n) is 9.52. The van der Waals surface area contributed by atoms with Crippen LogP contribution in [-0.2, 0) is 14.6 Å². The normalized spacial score (nSPS) is 24.0. The molecule has 0 aromatic heterocycles. The summed E-state index contributed by atoms with van der Waals surface area (Å²) < 4.78 is 23.2. The summed E-state index contributed by atoms with van der Waals surface area (Å²) in [4.78, 5) is 28.1. The van der Waals surface area contributed by atoms with Crippen LogP contribution >= 0.6 is 0 Å². The average molecular weight is 410 g/mol. The number of anilines is 1. The maximum absolute atomic E-state index is 12.6. The molecule has 154 valence electrons. The highest BCUT2D eigenvalue weighted by atomic mass is 32.2. The molecule has 0 radical (unpaired) electrons. The third kappa shape index (κ3) is 5.02. The number of sulfone groups is 1. The summed E-state index contributed by atoms with van der Waals surface area (Å²) in [5.74, 6) is -0.195. The summed E-state index contributed by atoms with van der Waals surface area (Å²) in [6.07, 6.45) is 1.48. The highest BCUT2D eigenvalue weighted by Gasteiger charge is 2.32. The second-order valence-electron chi connectivity index (χ2n) is 7.54. The largest absolute Gasteiger partial charge is 0.391 e. The van der Waals surface area contributed by atoms with Gasteiger partial charge >= 0.3 is 0 Å². The summed E-state index contributed by atoms with van der Waals surface area (Å²) >= 11 is 0. The Labute approximate surface area is 165 Å². The third-order valence-corrected chi connectivity index (χ3v) is 7.14. The number of likely N-dealkylation sites (N-methyl/N-ethyl adjacent to an activating group) is 1. The third-order valence-electron chi connectivity index (χ3n) is 5.39. The average Bonchev–Trinajstić information content (AvgIpc) is 3.05. The predicted octanol–water partition coefficient (Wildman–Crippen LogP) is 0.341. The van der Waals surface area contributed by atoms with Gasteiger partial charge in [-0.2, -0.15) is 0 Å². The van der Waals surface area contributed by atoms with Crippen LogP contribution in [0.1, 0.15) is 29.6 Å². The number of benzene rings is 1. The standard InChI is InChI=1S/C19H27N3O5S/c1-21(16-7-9-28(26,27)13-16)18(24)11-20-15-5-2-4-14(10-15)19(25)22-8-3-6-17(23)12-22/h2,4-5,10,16-17,20,23H,3,6-9,11-13H2,1H3/t16-,17-/m0/s1. The van der Waals surface area contributed by atoms with Crippen molar-refractivity contribution in [1.82, 2.24) is 9.80 Å². The zero-order valence-corrected chi connectivity index (χ0v) is 16.8. The monoisotopic (exact) mass is 409 g/mol. The van der Waals surface area contributed by atoms with Gasteiger partial charge < -0.3 is 20.2 Å². The van der Waals surface area contributed by atoms with Crippen LogP contribution in [0.25, 0.3) is 0 Å². The van der Waals surface area contributed by atoms with Crippen molar-refractivity contribution in [2.75, 3.05) is 43.5 Å². The van der Waals surface area contributed by atoms with Crippen LogP contribution in [-0.4, -0.2) is 85.5 Å². The number of rotatable bonds is 5. The van der Waals surface area contributed by atoms with Crippen LogP contribution < -0.4 is 5.32 Å². The first-order valence-corrected chi connectivity index (χ1v) is 11.3. The highest BCUT2D eigenvalue weighted by molar-refractivity contribution is 7.91. The van der Waals surface area contributed by atoms with E-state index in [1.165, 1.54) is 4.90 Å². The fourth-order valence-electron chi connectivity index (χ4n) is 3.67. The fraction of sp³-hybridized carbons (Fsp3) is 0.579. The molecular formula is C19H27N3O5S. The molecule has 1 aromatic carbocycles. The number of likely N-dealkylation sites (tertiary alicyclic amines) is 1. The van der Waals surface area contributed by atoms with Crippen molar-refractivity contribution in [3.63, 3.8) is 0 Å². The molecule has 0 aliphatic carbocycles. The van der Waals surface area contributed by atoms with Gasteiger partial charge in [0.05, 0.1) is 24.2 Å².